The van der Waals surface area contributed by atoms with Crippen LogP contribution in [0, 0.1) is 0 Å². The summed E-state index contributed by atoms with van der Waals surface area (Å²) in [5, 5.41) is 6.78. The third-order valence-electron chi connectivity index (χ3n) is 3.49. The highest BCUT2D eigenvalue weighted by Gasteiger charge is 2.07. The molecule has 0 aliphatic heterocycles. The van der Waals surface area contributed by atoms with Crippen LogP contribution in [0.15, 0.2) is 35.3 Å². The molecule has 1 aromatic rings. The molecule has 0 heterocycles. The van der Waals surface area contributed by atoms with Crippen LogP contribution in [-0.4, -0.2) is 44.1 Å². The van der Waals surface area contributed by atoms with Crippen molar-refractivity contribution in [1.82, 2.24) is 15.5 Å². The van der Waals surface area contributed by atoms with Gasteiger partial charge in [-0.05, 0) is 25.6 Å². The summed E-state index contributed by atoms with van der Waals surface area (Å²) in [6, 6.07) is 10.7. The second-order valence-corrected chi connectivity index (χ2v) is 4.80. The Morgan fingerprint density at radius 1 is 1.20 bits per heavy atom. The van der Waals surface area contributed by atoms with Crippen LogP contribution in [0.1, 0.15) is 32.4 Å². The fourth-order valence-electron chi connectivity index (χ4n) is 2.10. The SMILES string of the molecule is CCN(CC)CCNC(=NC)NC(C)c1ccccc1. The van der Waals surface area contributed by atoms with Gasteiger partial charge in [-0.15, -0.1) is 0 Å². The van der Waals surface area contributed by atoms with Crippen LogP contribution in [-0.2, 0) is 0 Å². The molecule has 112 valence electrons. The van der Waals surface area contributed by atoms with Crippen molar-refractivity contribution in [3.05, 3.63) is 35.9 Å². The van der Waals surface area contributed by atoms with Crippen molar-refractivity contribution in [3.8, 4) is 0 Å². The third kappa shape index (κ3) is 5.61. The van der Waals surface area contributed by atoms with Crippen LogP contribution in [0.3, 0.4) is 0 Å². The summed E-state index contributed by atoms with van der Waals surface area (Å²) >= 11 is 0. The standard InChI is InChI=1S/C16H28N4/c1-5-20(6-2)13-12-18-16(17-4)19-14(3)15-10-8-7-9-11-15/h7-11,14H,5-6,12-13H2,1-4H3,(H2,17,18,19). The van der Waals surface area contributed by atoms with Crippen LogP contribution in [0.25, 0.3) is 0 Å². The molecule has 4 nitrogen and oxygen atoms in total. The Morgan fingerprint density at radius 3 is 2.40 bits per heavy atom. The van der Waals surface area contributed by atoms with Gasteiger partial charge in [0.1, 0.15) is 0 Å². The second-order valence-electron chi connectivity index (χ2n) is 4.80. The zero-order chi connectivity index (χ0) is 14.8. The molecule has 0 radical (unpaired) electrons. The van der Waals surface area contributed by atoms with Crippen molar-refractivity contribution in [3.63, 3.8) is 0 Å². The van der Waals surface area contributed by atoms with Gasteiger partial charge in [0.2, 0.25) is 0 Å². The first-order valence-electron chi connectivity index (χ1n) is 7.45. The lowest BCUT2D eigenvalue weighted by Gasteiger charge is -2.21. The van der Waals surface area contributed by atoms with Gasteiger partial charge < -0.3 is 15.5 Å². The van der Waals surface area contributed by atoms with E-state index in [2.05, 4.69) is 65.6 Å². The van der Waals surface area contributed by atoms with Gasteiger partial charge in [0, 0.05) is 20.1 Å². The first-order chi connectivity index (χ1) is 9.71. The summed E-state index contributed by atoms with van der Waals surface area (Å²) in [5.74, 6) is 0.855. The van der Waals surface area contributed by atoms with E-state index in [1.165, 1.54) is 5.56 Å². The smallest absolute Gasteiger partial charge is 0.191 e. The molecule has 0 amide bonds. The number of guanidine groups is 1. The van der Waals surface area contributed by atoms with E-state index in [0.29, 0.717) is 0 Å². The van der Waals surface area contributed by atoms with E-state index in [1.807, 2.05) is 13.1 Å². The van der Waals surface area contributed by atoms with E-state index < -0.39 is 0 Å². The Hall–Kier alpha value is -1.55. The molecule has 4 heteroatoms. The van der Waals surface area contributed by atoms with Gasteiger partial charge in [0.25, 0.3) is 0 Å². The van der Waals surface area contributed by atoms with Gasteiger partial charge in [-0.3, -0.25) is 4.99 Å². The normalized spacial score (nSPS) is 13.3. The van der Waals surface area contributed by atoms with E-state index in [9.17, 15) is 0 Å². The van der Waals surface area contributed by atoms with Crippen LogP contribution >= 0.6 is 0 Å². The Kier molecular flexibility index (Phi) is 7.73. The molecule has 1 unspecified atom stereocenters. The van der Waals surface area contributed by atoms with Crippen LogP contribution < -0.4 is 10.6 Å². The van der Waals surface area contributed by atoms with Crippen LogP contribution in [0.2, 0.25) is 0 Å². The van der Waals surface area contributed by atoms with E-state index in [1.54, 1.807) is 0 Å². The minimum Gasteiger partial charge on any atom is -0.355 e. The number of nitrogens with one attached hydrogen (secondary N) is 2. The molecular weight excluding hydrogens is 248 g/mol. The summed E-state index contributed by atoms with van der Waals surface area (Å²) in [4.78, 5) is 6.67. The average molecular weight is 276 g/mol. The van der Waals surface area contributed by atoms with Crippen molar-refractivity contribution in [2.75, 3.05) is 33.2 Å². The van der Waals surface area contributed by atoms with E-state index in [4.69, 9.17) is 0 Å². The molecule has 2 N–H and O–H groups in total. The lowest BCUT2D eigenvalue weighted by atomic mass is 10.1. The maximum Gasteiger partial charge on any atom is 0.191 e. The number of hydrogen-bond donors (Lipinski definition) is 2. The lowest BCUT2D eigenvalue weighted by molar-refractivity contribution is 0.308. The highest BCUT2D eigenvalue weighted by Crippen LogP contribution is 2.10. The van der Waals surface area contributed by atoms with E-state index in [0.717, 1.165) is 32.1 Å². The summed E-state index contributed by atoms with van der Waals surface area (Å²) in [5.41, 5.74) is 1.26. The first kappa shape index (κ1) is 16.5. The number of likely N-dealkylation sites (N-methyl/N-ethyl adjacent to an activating group) is 1. The summed E-state index contributed by atoms with van der Waals surface area (Å²) < 4.78 is 0. The van der Waals surface area contributed by atoms with Crippen molar-refractivity contribution in [2.45, 2.75) is 26.8 Å². The molecule has 1 aromatic carbocycles. The lowest BCUT2D eigenvalue weighted by Crippen LogP contribution is -2.42. The van der Waals surface area contributed by atoms with Crippen LogP contribution in [0.4, 0.5) is 0 Å². The molecule has 1 rings (SSSR count). The molecular formula is C16H28N4. The highest BCUT2D eigenvalue weighted by atomic mass is 15.2. The van der Waals surface area contributed by atoms with Crippen molar-refractivity contribution in [2.24, 2.45) is 4.99 Å². The van der Waals surface area contributed by atoms with Gasteiger partial charge in [0.05, 0.1) is 6.04 Å². The van der Waals surface area contributed by atoms with Crippen molar-refractivity contribution >= 4 is 5.96 Å². The maximum atomic E-state index is 4.28. The molecule has 0 aliphatic rings. The molecule has 0 saturated carbocycles. The minimum absolute atomic E-state index is 0.246. The van der Waals surface area contributed by atoms with E-state index in [-0.39, 0.29) is 6.04 Å². The molecule has 1 atom stereocenters. The Bertz CT molecular complexity index is 385. The fourth-order valence-corrected chi connectivity index (χ4v) is 2.10. The quantitative estimate of drug-likeness (QED) is 0.593. The first-order valence-corrected chi connectivity index (χ1v) is 7.45. The summed E-state index contributed by atoms with van der Waals surface area (Å²) in [7, 11) is 1.81. The zero-order valence-electron chi connectivity index (χ0n) is 13.2. The highest BCUT2D eigenvalue weighted by molar-refractivity contribution is 5.80. The number of benzene rings is 1. The number of hydrogen-bond acceptors (Lipinski definition) is 2. The Labute approximate surface area is 123 Å². The minimum atomic E-state index is 0.246. The molecule has 20 heavy (non-hydrogen) atoms. The monoisotopic (exact) mass is 276 g/mol. The van der Waals surface area contributed by atoms with Gasteiger partial charge in [-0.25, -0.2) is 0 Å². The molecule has 0 aromatic heterocycles. The van der Waals surface area contributed by atoms with Gasteiger partial charge >= 0.3 is 0 Å². The number of nitrogens with zero attached hydrogens (tertiary/aromatic N) is 2. The molecule has 0 bridgehead atoms. The Morgan fingerprint density at radius 2 is 1.85 bits per heavy atom. The predicted octanol–water partition coefficient (Wildman–Crippen LogP) is 2.25. The fraction of sp³-hybridized carbons (Fsp3) is 0.562. The third-order valence-corrected chi connectivity index (χ3v) is 3.49. The topological polar surface area (TPSA) is 39.7 Å². The molecule has 0 spiro atoms. The van der Waals surface area contributed by atoms with Crippen LogP contribution in [0.5, 0.6) is 0 Å². The van der Waals surface area contributed by atoms with Gasteiger partial charge in [0.15, 0.2) is 5.96 Å². The summed E-state index contributed by atoms with van der Waals surface area (Å²) in [6.45, 7) is 10.6. The Balaban J connectivity index is 2.40. The van der Waals surface area contributed by atoms with Crippen molar-refractivity contribution < 1.29 is 0 Å². The second kappa shape index (κ2) is 9.37. The maximum absolute atomic E-state index is 4.28. The zero-order valence-corrected chi connectivity index (χ0v) is 13.2. The van der Waals surface area contributed by atoms with Gasteiger partial charge in [-0.1, -0.05) is 44.2 Å². The number of aliphatic imine (C=N–C) groups is 1. The van der Waals surface area contributed by atoms with Gasteiger partial charge in [-0.2, -0.15) is 0 Å². The molecule has 0 saturated heterocycles. The molecule has 0 aliphatic carbocycles. The van der Waals surface area contributed by atoms with Crippen molar-refractivity contribution in [1.29, 1.82) is 0 Å². The molecule has 0 fully saturated rings. The average Bonchev–Trinajstić information content (AvgIpc) is 2.51. The largest absolute Gasteiger partial charge is 0.355 e. The van der Waals surface area contributed by atoms with E-state index >= 15 is 0 Å². The predicted molar refractivity (Wildman–Crippen MR) is 87.1 cm³/mol. The number of rotatable bonds is 7. The summed E-state index contributed by atoms with van der Waals surface area (Å²) in [6.07, 6.45) is 0.